The Morgan fingerprint density at radius 2 is 1.53 bits per heavy atom. The van der Waals surface area contributed by atoms with Crippen LogP contribution in [0.3, 0.4) is 0 Å². The number of likely N-dealkylation sites (N-methyl/N-ethyl adjacent to an activating group) is 2. The summed E-state index contributed by atoms with van der Waals surface area (Å²) in [6.45, 7) is 10.3. The number of aromatic nitrogens is 1. The molecule has 0 aliphatic carbocycles. The third kappa shape index (κ3) is 14.3. The largest absolute Gasteiger partial charge is 0.480 e. The summed E-state index contributed by atoms with van der Waals surface area (Å²) in [5, 5.41) is 16.1. The molecule has 13 nitrogen and oxygen atoms in total. The summed E-state index contributed by atoms with van der Waals surface area (Å²) in [4.78, 5) is 69.7. The molecule has 0 radical (unpaired) electrons. The summed E-state index contributed by atoms with van der Waals surface area (Å²) in [7, 11) is 3.16. The van der Waals surface area contributed by atoms with Gasteiger partial charge in [0.05, 0.1) is 6.04 Å². The number of carboxylic acid groups (broad SMARTS) is 1. The van der Waals surface area contributed by atoms with E-state index in [0.717, 1.165) is 41.5 Å². The Kier molecular flexibility index (Phi) is 20.0. The fourth-order valence-electron chi connectivity index (χ4n) is 6.36. The predicted octanol–water partition coefficient (Wildman–Crippen LogP) is 3.75. The van der Waals surface area contributed by atoms with Crippen molar-refractivity contribution in [3.63, 3.8) is 0 Å². The number of benzene rings is 1. The standard InChI is InChI=1S/C39H65N7O6S/c1-8-11-16-33(37(50)43-31(21-26(4)5)36(49)42-19-20-53-25-28(40)10-3)44(6)39(52)34(17-12-9-2)45(7)38(51)30(41)22-27-23-46(24-35(47)48)32-18-14-13-15-29(27)32/h13-15,18,23,26,28,30-31,33-34H,8-12,16-17,19-22,24-25,40-41H2,1-7H3,(H,42,49)(H,43,50)(H,47,48)/t28?,30-,31-,33-,34-/m0/s1. The van der Waals surface area contributed by atoms with Gasteiger partial charge in [-0.05, 0) is 49.7 Å². The average molecular weight is 760 g/mol. The van der Waals surface area contributed by atoms with Crippen molar-refractivity contribution in [3.8, 4) is 0 Å². The lowest BCUT2D eigenvalue weighted by atomic mass is 10.00. The average Bonchev–Trinajstić information content (AvgIpc) is 3.45. The van der Waals surface area contributed by atoms with Crippen LogP contribution >= 0.6 is 11.8 Å². The van der Waals surface area contributed by atoms with Gasteiger partial charge in [-0.2, -0.15) is 11.8 Å². The summed E-state index contributed by atoms with van der Waals surface area (Å²) >= 11 is 1.68. The minimum Gasteiger partial charge on any atom is -0.480 e. The molecule has 2 aromatic rings. The Bertz CT molecular complexity index is 1480. The highest BCUT2D eigenvalue weighted by Crippen LogP contribution is 2.24. The quantitative estimate of drug-likeness (QED) is 0.0939. The van der Waals surface area contributed by atoms with Gasteiger partial charge in [0.15, 0.2) is 0 Å². The van der Waals surface area contributed by atoms with Crippen molar-refractivity contribution in [1.82, 2.24) is 25.0 Å². The van der Waals surface area contributed by atoms with Crippen LogP contribution in [0.5, 0.6) is 0 Å². The van der Waals surface area contributed by atoms with Gasteiger partial charge in [0, 0.05) is 55.3 Å². The monoisotopic (exact) mass is 759 g/mol. The van der Waals surface area contributed by atoms with Crippen LogP contribution in [0.25, 0.3) is 10.9 Å². The number of fused-ring (bicyclic) bond motifs is 1. The Morgan fingerprint density at radius 1 is 0.906 bits per heavy atom. The number of nitrogens with zero attached hydrogens (tertiary/aromatic N) is 3. The molecule has 7 N–H and O–H groups in total. The molecule has 14 heteroatoms. The van der Waals surface area contributed by atoms with Crippen LogP contribution in [0.1, 0.15) is 91.5 Å². The number of amides is 4. The Balaban J connectivity index is 2.25. The zero-order valence-corrected chi connectivity index (χ0v) is 33.8. The number of hydrogen-bond donors (Lipinski definition) is 5. The highest BCUT2D eigenvalue weighted by atomic mass is 32.2. The first-order valence-corrected chi connectivity index (χ1v) is 20.3. The van der Waals surface area contributed by atoms with Crippen molar-refractivity contribution < 1.29 is 29.1 Å². The van der Waals surface area contributed by atoms with Gasteiger partial charge >= 0.3 is 5.97 Å². The third-order valence-electron chi connectivity index (χ3n) is 9.56. The number of carbonyl (C=O) groups excluding carboxylic acids is 4. The van der Waals surface area contributed by atoms with Gasteiger partial charge in [-0.3, -0.25) is 24.0 Å². The normalized spacial score (nSPS) is 14.3. The van der Waals surface area contributed by atoms with Crippen molar-refractivity contribution in [2.24, 2.45) is 17.4 Å². The molecule has 1 aromatic carbocycles. The van der Waals surface area contributed by atoms with E-state index in [-0.39, 0.29) is 36.7 Å². The molecule has 2 rings (SSSR count). The summed E-state index contributed by atoms with van der Waals surface area (Å²) < 4.78 is 1.62. The number of nitrogens with one attached hydrogen (secondary N) is 2. The molecule has 1 heterocycles. The van der Waals surface area contributed by atoms with E-state index in [9.17, 15) is 29.1 Å². The molecule has 53 heavy (non-hydrogen) atoms. The van der Waals surface area contributed by atoms with E-state index in [1.165, 1.54) is 9.80 Å². The van der Waals surface area contributed by atoms with Crippen LogP contribution in [0.15, 0.2) is 30.5 Å². The molecule has 0 aliphatic heterocycles. The number of carboxylic acids is 1. The first-order chi connectivity index (χ1) is 25.2. The molecule has 0 saturated carbocycles. The van der Waals surface area contributed by atoms with Gasteiger partial charge in [-0.25, -0.2) is 0 Å². The smallest absolute Gasteiger partial charge is 0.323 e. The number of para-hydroxylation sites is 1. The van der Waals surface area contributed by atoms with Crippen LogP contribution in [-0.4, -0.2) is 111 Å². The number of carbonyl (C=O) groups is 5. The molecule has 5 atom stereocenters. The van der Waals surface area contributed by atoms with Crippen LogP contribution in [0.4, 0.5) is 0 Å². The fraction of sp³-hybridized carbons (Fsp3) is 0.667. The van der Waals surface area contributed by atoms with Crippen molar-refractivity contribution in [1.29, 1.82) is 0 Å². The van der Waals surface area contributed by atoms with Gasteiger partial charge in [0.2, 0.25) is 23.6 Å². The molecule has 0 spiro atoms. The Morgan fingerprint density at radius 3 is 2.13 bits per heavy atom. The van der Waals surface area contributed by atoms with E-state index in [2.05, 4.69) is 10.6 Å². The Hall–Kier alpha value is -3.62. The highest BCUT2D eigenvalue weighted by Gasteiger charge is 2.37. The van der Waals surface area contributed by atoms with E-state index < -0.39 is 42.0 Å². The minimum atomic E-state index is -0.998. The van der Waals surface area contributed by atoms with Crippen LogP contribution in [0.2, 0.25) is 0 Å². The van der Waals surface area contributed by atoms with Gasteiger partial charge in [0.1, 0.15) is 24.7 Å². The van der Waals surface area contributed by atoms with Gasteiger partial charge in [0.25, 0.3) is 0 Å². The van der Waals surface area contributed by atoms with E-state index >= 15 is 0 Å². The van der Waals surface area contributed by atoms with Crippen molar-refractivity contribution in [3.05, 3.63) is 36.0 Å². The maximum Gasteiger partial charge on any atom is 0.323 e. The molecule has 0 aliphatic rings. The molecule has 298 valence electrons. The number of thioether (sulfide) groups is 1. The number of aliphatic carboxylic acids is 1. The van der Waals surface area contributed by atoms with Crippen LogP contribution in [-0.2, 0) is 36.9 Å². The lowest BCUT2D eigenvalue weighted by Crippen LogP contribution is -2.58. The number of rotatable bonds is 25. The summed E-state index contributed by atoms with van der Waals surface area (Å²) in [6, 6.07) is 4.00. The first kappa shape index (κ1) is 45.5. The zero-order valence-electron chi connectivity index (χ0n) is 32.9. The SMILES string of the molecule is CCCC[C@@H](C(=O)N(C)[C@@H](CCCC)C(=O)N[C@@H](CC(C)C)C(=O)NCCSCC(N)CC)N(C)C(=O)[C@@H](N)Cc1cn(CC(=O)O)c2ccccc12. The molecular weight excluding hydrogens is 695 g/mol. The summed E-state index contributed by atoms with van der Waals surface area (Å²) in [5.41, 5.74) is 14.0. The molecular formula is C39H65N7O6S. The van der Waals surface area contributed by atoms with E-state index in [4.69, 9.17) is 11.5 Å². The predicted molar refractivity (Wildman–Crippen MR) is 213 cm³/mol. The number of hydrogen-bond acceptors (Lipinski definition) is 8. The number of unbranched alkanes of at least 4 members (excludes halogenated alkanes) is 2. The molecule has 1 unspecified atom stereocenters. The summed E-state index contributed by atoms with van der Waals surface area (Å²) in [5.74, 6) is -0.804. The molecule has 4 amide bonds. The second kappa shape index (κ2) is 23.2. The topological polar surface area (TPSA) is 193 Å². The molecule has 0 fully saturated rings. The van der Waals surface area contributed by atoms with Crippen molar-refractivity contribution in [2.45, 2.75) is 129 Å². The maximum atomic E-state index is 14.3. The van der Waals surface area contributed by atoms with E-state index in [0.29, 0.717) is 44.4 Å². The third-order valence-corrected chi connectivity index (χ3v) is 10.7. The van der Waals surface area contributed by atoms with Crippen LogP contribution < -0.4 is 22.1 Å². The lowest BCUT2D eigenvalue weighted by molar-refractivity contribution is -0.148. The second-order valence-corrected chi connectivity index (χ2v) is 15.6. The van der Waals surface area contributed by atoms with Crippen molar-refractivity contribution >= 4 is 52.3 Å². The Labute approximate surface area is 320 Å². The van der Waals surface area contributed by atoms with Gasteiger partial charge in [-0.15, -0.1) is 0 Å². The summed E-state index contributed by atoms with van der Waals surface area (Å²) in [6.07, 6.45) is 6.92. The first-order valence-electron chi connectivity index (χ1n) is 19.1. The van der Waals surface area contributed by atoms with Crippen molar-refractivity contribution in [2.75, 3.05) is 32.1 Å². The maximum absolute atomic E-state index is 14.3. The molecule has 0 saturated heterocycles. The zero-order chi connectivity index (χ0) is 39.7. The highest BCUT2D eigenvalue weighted by molar-refractivity contribution is 7.99. The van der Waals surface area contributed by atoms with Gasteiger partial charge < -0.3 is 41.6 Å². The lowest BCUT2D eigenvalue weighted by Gasteiger charge is -2.36. The van der Waals surface area contributed by atoms with E-state index in [1.807, 2.05) is 58.9 Å². The van der Waals surface area contributed by atoms with Gasteiger partial charge in [-0.1, -0.05) is 78.5 Å². The molecule has 1 aromatic heterocycles. The number of nitrogens with two attached hydrogens (primary N) is 2. The fourth-order valence-corrected chi connectivity index (χ4v) is 7.31. The minimum absolute atomic E-state index is 0.116. The van der Waals surface area contributed by atoms with E-state index in [1.54, 1.807) is 36.6 Å². The second-order valence-electron chi connectivity index (χ2n) is 14.4. The van der Waals surface area contributed by atoms with Crippen LogP contribution in [0, 0.1) is 5.92 Å². The molecule has 0 bridgehead atoms.